The van der Waals surface area contributed by atoms with Gasteiger partial charge >= 0.3 is 0 Å². The van der Waals surface area contributed by atoms with Gasteiger partial charge in [0.05, 0.1) is 11.3 Å². The van der Waals surface area contributed by atoms with Crippen LogP contribution in [0.2, 0.25) is 0 Å². The molecule has 1 amide bonds. The van der Waals surface area contributed by atoms with Crippen molar-refractivity contribution < 1.29 is 9.53 Å². The van der Waals surface area contributed by atoms with Crippen LogP contribution in [-0.4, -0.2) is 5.91 Å². The van der Waals surface area contributed by atoms with Crippen LogP contribution in [-0.2, 0) is 6.61 Å². The zero-order valence-electron chi connectivity index (χ0n) is 10.1. The topological polar surface area (TPSA) is 78.3 Å². The molecule has 98 valence electrons. The summed E-state index contributed by atoms with van der Waals surface area (Å²) in [5, 5.41) is 0. The van der Waals surface area contributed by atoms with Gasteiger partial charge in [-0.25, -0.2) is 0 Å². The Hall–Kier alpha value is -2.01. The van der Waals surface area contributed by atoms with Gasteiger partial charge in [0.1, 0.15) is 12.4 Å². The smallest absolute Gasteiger partial charge is 0.250 e. The van der Waals surface area contributed by atoms with E-state index in [1.165, 1.54) is 0 Å². The van der Waals surface area contributed by atoms with E-state index < -0.39 is 5.91 Å². The van der Waals surface area contributed by atoms with Crippen molar-refractivity contribution in [3.8, 4) is 5.75 Å². The summed E-state index contributed by atoms with van der Waals surface area (Å²) in [6.07, 6.45) is 0. The Morgan fingerprint density at radius 2 is 1.95 bits per heavy atom. The molecule has 5 heteroatoms. The van der Waals surface area contributed by atoms with Crippen LogP contribution in [0, 0.1) is 0 Å². The lowest BCUT2D eigenvalue weighted by Crippen LogP contribution is -2.14. The fraction of sp³-hybridized carbons (Fsp3) is 0.0714. The van der Waals surface area contributed by atoms with Crippen molar-refractivity contribution in [3.63, 3.8) is 0 Å². The van der Waals surface area contributed by atoms with Gasteiger partial charge in [-0.15, -0.1) is 0 Å². The number of benzene rings is 2. The van der Waals surface area contributed by atoms with E-state index in [9.17, 15) is 4.79 Å². The van der Waals surface area contributed by atoms with Crippen molar-refractivity contribution in [3.05, 3.63) is 58.1 Å². The highest BCUT2D eigenvalue weighted by Crippen LogP contribution is 2.26. The molecule has 0 bridgehead atoms. The van der Waals surface area contributed by atoms with Crippen molar-refractivity contribution in [1.29, 1.82) is 0 Å². The van der Waals surface area contributed by atoms with Crippen LogP contribution in [0.25, 0.3) is 0 Å². The molecule has 0 saturated heterocycles. The van der Waals surface area contributed by atoms with Crippen molar-refractivity contribution in [1.82, 2.24) is 0 Å². The number of anilines is 1. The summed E-state index contributed by atoms with van der Waals surface area (Å²) in [7, 11) is 0. The van der Waals surface area contributed by atoms with Crippen molar-refractivity contribution >= 4 is 27.5 Å². The molecule has 4 nitrogen and oxygen atoms in total. The van der Waals surface area contributed by atoms with Gasteiger partial charge in [-0.05, 0) is 29.8 Å². The van der Waals surface area contributed by atoms with E-state index in [0.717, 1.165) is 10.0 Å². The first-order valence-electron chi connectivity index (χ1n) is 5.63. The Kier molecular flexibility index (Phi) is 4.06. The van der Waals surface area contributed by atoms with Gasteiger partial charge in [-0.1, -0.05) is 34.1 Å². The number of carbonyl (C=O) groups is 1. The zero-order valence-corrected chi connectivity index (χ0v) is 11.7. The Morgan fingerprint density at radius 3 is 2.63 bits per heavy atom. The minimum atomic E-state index is -0.564. The molecule has 0 aromatic heterocycles. The number of carbonyl (C=O) groups excluding carboxylic acids is 1. The minimum Gasteiger partial charge on any atom is -0.487 e. The van der Waals surface area contributed by atoms with Gasteiger partial charge in [0.15, 0.2) is 0 Å². The molecule has 2 aromatic carbocycles. The number of hydrogen-bond acceptors (Lipinski definition) is 3. The molecule has 0 fully saturated rings. The lowest BCUT2D eigenvalue weighted by molar-refractivity contribution is 0.100. The largest absolute Gasteiger partial charge is 0.487 e. The van der Waals surface area contributed by atoms with Gasteiger partial charge in [-0.3, -0.25) is 4.79 Å². The number of nitrogens with two attached hydrogens (primary N) is 2. The van der Waals surface area contributed by atoms with Gasteiger partial charge in [-0.2, -0.15) is 0 Å². The van der Waals surface area contributed by atoms with Gasteiger partial charge in [0.2, 0.25) is 0 Å². The van der Waals surface area contributed by atoms with Crippen LogP contribution in [0.4, 0.5) is 5.69 Å². The number of para-hydroxylation sites is 1. The van der Waals surface area contributed by atoms with Crippen LogP contribution >= 0.6 is 15.9 Å². The second kappa shape index (κ2) is 5.75. The fourth-order valence-electron chi connectivity index (χ4n) is 1.67. The van der Waals surface area contributed by atoms with Crippen molar-refractivity contribution in [2.75, 3.05) is 5.73 Å². The third-order valence-electron chi connectivity index (χ3n) is 2.61. The molecule has 0 radical (unpaired) electrons. The summed E-state index contributed by atoms with van der Waals surface area (Å²) < 4.78 is 6.59. The molecule has 0 heterocycles. The number of primary amides is 1. The number of ether oxygens (including phenoxy) is 1. The van der Waals surface area contributed by atoms with E-state index in [1.54, 1.807) is 18.2 Å². The van der Waals surface area contributed by atoms with Crippen molar-refractivity contribution in [2.24, 2.45) is 5.73 Å². The Bertz CT molecular complexity index is 614. The molecule has 0 saturated carbocycles. The third-order valence-corrected chi connectivity index (χ3v) is 3.11. The van der Waals surface area contributed by atoms with Crippen molar-refractivity contribution in [2.45, 2.75) is 6.61 Å². The molecule has 0 spiro atoms. The Balaban J connectivity index is 2.16. The molecule has 0 atom stereocenters. The maximum atomic E-state index is 11.2. The standard InChI is InChI=1S/C14H13BrN2O2/c15-10-4-1-3-9(7-10)8-19-12-6-2-5-11(13(12)16)14(17)18/h1-7H,8,16H2,(H2,17,18). The molecule has 0 aliphatic carbocycles. The van der Waals surface area contributed by atoms with E-state index in [0.29, 0.717) is 12.4 Å². The third kappa shape index (κ3) is 3.26. The van der Waals surface area contributed by atoms with E-state index in [-0.39, 0.29) is 11.3 Å². The van der Waals surface area contributed by atoms with Gasteiger partial charge in [0, 0.05) is 4.47 Å². The predicted octanol–water partition coefficient (Wildman–Crippen LogP) is 2.71. The highest BCUT2D eigenvalue weighted by Gasteiger charge is 2.10. The summed E-state index contributed by atoms with van der Waals surface area (Å²) in [5.41, 5.74) is 12.6. The minimum absolute atomic E-state index is 0.269. The lowest BCUT2D eigenvalue weighted by atomic mass is 10.1. The second-order valence-electron chi connectivity index (χ2n) is 4.00. The monoisotopic (exact) mass is 320 g/mol. The first-order valence-corrected chi connectivity index (χ1v) is 6.43. The van der Waals surface area contributed by atoms with Gasteiger partial charge < -0.3 is 16.2 Å². The van der Waals surface area contributed by atoms with E-state index in [2.05, 4.69) is 15.9 Å². The van der Waals surface area contributed by atoms with Crippen LogP contribution in [0.5, 0.6) is 5.75 Å². The van der Waals surface area contributed by atoms with Gasteiger partial charge in [0.25, 0.3) is 5.91 Å². The second-order valence-corrected chi connectivity index (χ2v) is 4.92. The highest BCUT2D eigenvalue weighted by atomic mass is 79.9. The summed E-state index contributed by atoms with van der Waals surface area (Å²) in [6.45, 7) is 0.367. The van der Waals surface area contributed by atoms with Crippen LogP contribution < -0.4 is 16.2 Å². The number of nitrogen functional groups attached to an aromatic ring is 1. The Labute approximate surface area is 119 Å². The summed E-state index contributed by atoms with van der Waals surface area (Å²) >= 11 is 3.39. The van der Waals surface area contributed by atoms with Crippen LogP contribution in [0.3, 0.4) is 0 Å². The number of amides is 1. The molecule has 2 rings (SSSR count). The Morgan fingerprint density at radius 1 is 1.21 bits per heavy atom. The summed E-state index contributed by atoms with van der Waals surface area (Å²) in [4.78, 5) is 11.2. The molecule has 0 aliphatic heterocycles. The lowest BCUT2D eigenvalue weighted by Gasteiger charge is -2.11. The number of hydrogen-bond donors (Lipinski definition) is 2. The summed E-state index contributed by atoms with van der Waals surface area (Å²) in [6, 6.07) is 12.7. The van der Waals surface area contributed by atoms with Crippen LogP contribution in [0.15, 0.2) is 46.9 Å². The average Bonchev–Trinajstić information content (AvgIpc) is 2.37. The van der Waals surface area contributed by atoms with E-state index >= 15 is 0 Å². The fourth-order valence-corrected chi connectivity index (χ4v) is 2.12. The quantitative estimate of drug-likeness (QED) is 0.850. The maximum absolute atomic E-state index is 11.2. The molecule has 0 aliphatic rings. The van der Waals surface area contributed by atoms with E-state index in [4.69, 9.17) is 16.2 Å². The zero-order chi connectivity index (χ0) is 13.8. The normalized spacial score (nSPS) is 10.2. The highest BCUT2D eigenvalue weighted by molar-refractivity contribution is 9.10. The molecule has 0 unspecified atom stereocenters. The molecule has 19 heavy (non-hydrogen) atoms. The maximum Gasteiger partial charge on any atom is 0.250 e. The molecular formula is C14H13BrN2O2. The number of rotatable bonds is 4. The first-order chi connectivity index (χ1) is 9.08. The SMILES string of the molecule is NC(=O)c1cccc(OCc2cccc(Br)c2)c1N. The molecule has 4 N–H and O–H groups in total. The molecule has 2 aromatic rings. The molecular weight excluding hydrogens is 308 g/mol. The van der Waals surface area contributed by atoms with E-state index in [1.807, 2.05) is 24.3 Å². The van der Waals surface area contributed by atoms with Crippen LogP contribution in [0.1, 0.15) is 15.9 Å². The average molecular weight is 321 g/mol. The first kappa shape index (κ1) is 13.4. The predicted molar refractivity (Wildman–Crippen MR) is 77.8 cm³/mol. The summed E-state index contributed by atoms with van der Waals surface area (Å²) in [5.74, 6) is -0.110. The number of halogens is 1.